The van der Waals surface area contributed by atoms with E-state index in [-0.39, 0.29) is 23.7 Å². The van der Waals surface area contributed by atoms with Crippen LogP contribution in [-0.2, 0) is 16.1 Å². The molecule has 23 heavy (non-hydrogen) atoms. The Bertz CT molecular complexity index is 721. The number of carbonyl (C=O) groups is 2. The van der Waals surface area contributed by atoms with Gasteiger partial charge in [0.1, 0.15) is 0 Å². The van der Waals surface area contributed by atoms with Gasteiger partial charge in [0.2, 0.25) is 11.8 Å². The zero-order chi connectivity index (χ0) is 16.2. The van der Waals surface area contributed by atoms with Crippen LogP contribution in [0.3, 0.4) is 0 Å². The lowest BCUT2D eigenvalue weighted by Gasteiger charge is -2.06. The van der Waals surface area contributed by atoms with Crippen LogP contribution in [0.1, 0.15) is 12.0 Å². The van der Waals surface area contributed by atoms with E-state index in [2.05, 4.69) is 15.6 Å². The van der Waals surface area contributed by atoms with Crippen molar-refractivity contribution in [2.45, 2.75) is 13.0 Å². The lowest BCUT2D eigenvalue weighted by Crippen LogP contribution is -2.27. The van der Waals surface area contributed by atoms with Crippen LogP contribution in [0.2, 0.25) is 5.02 Å². The first-order chi connectivity index (χ1) is 11.1. The molecule has 0 bridgehead atoms. The van der Waals surface area contributed by atoms with Gasteiger partial charge in [0, 0.05) is 29.6 Å². The van der Waals surface area contributed by atoms with E-state index in [1.807, 2.05) is 12.1 Å². The third kappa shape index (κ3) is 4.07. The number of benzene rings is 1. The van der Waals surface area contributed by atoms with Gasteiger partial charge in [-0.25, -0.2) is 0 Å². The Labute approximate surface area is 139 Å². The summed E-state index contributed by atoms with van der Waals surface area (Å²) in [6.07, 6.45) is 3.94. The Hall–Kier alpha value is -2.40. The topological polar surface area (TPSA) is 71.1 Å². The first-order valence-corrected chi connectivity index (χ1v) is 7.74. The van der Waals surface area contributed by atoms with Crippen molar-refractivity contribution in [2.75, 3.05) is 5.32 Å². The fraction of sp³-hybridized carbons (Fsp3) is 0.235. The number of pyridine rings is 1. The third-order valence-corrected chi connectivity index (χ3v) is 4.01. The summed E-state index contributed by atoms with van der Waals surface area (Å²) in [6, 6.07) is 10.6. The molecule has 3 rings (SSSR count). The molecule has 1 fully saturated rings. The predicted molar refractivity (Wildman–Crippen MR) is 87.8 cm³/mol. The minimum absolute atomic E-state index is 0.0898. The molecule has 0 aliphatic heterocycles. The summed E-state index contributed by atoms with van der Waals surface area (Å²) < 4.78 is 0. The fourth-order valence-corrected chi connectivity index (χ4v) is 2.59. The summed E-state index contributed by atoms with van der Waals surface area (Å²) in [5.41, 5.74) is 1.62. The highest BCUT2D eigenvalue weighted by atomic mass is 35.5. The van der Waals surface area contributed by atoms with Gasteiger partial charge in [0.05, 0.1) is 11.8 Å². The van der Waals surface area contributed by atoms with Crippen molar-refractivity contribution in [3.05, 3.63) is 59.4 Å². The molecule has 1 heterocycles. The van der Waals surface area contributed by atoms with Gasteiger partial charge >= 0.3 is 0 Å². The maximum Gasteiger partial charge on any atom is 0.228 e. The van der Waals surface area contributed by atoms with E-state index >= 15 is 0 Å². The second-order valence-corrected chi connectivity index (χ2v) is 5.96. The van der Waals surface area contributed by atoms with E-state index in [1.165, 1.54) is 0 Å². The van der Waals surface area contributed by atoms with Crippen molar-refractivity contribution >= 4 is 29.1 Å². The molecule has 6 heteroatoms. The molecular formula is C17H16ClN3O2. The number of anilines is 1. The molecule has 1 aliphatic carbocycles. The van der Waals surface area contributed by atoms with Crippen molar-refractivity contribution in [1.82, 2.24) is 10.3 Å². The molecule has 1 saturated carbocycles. The van der Waals surface area contributed by atoms with Crippen LogP contribution in [0.25, 0.3) is 0 Å². The number of nitrogens with zero attached hydrogens (tertiary/aromatic N) is 1. The monoisotopic (exact) mass is 329 g/mol. The first kappa shape index (κ1) is 15.5. The Morgan fingerprint density at radius 2 is 1.87 bits per heavy atom. The lowest BCUT2D eigenvalue weighted by molar-refractivity contribution is -0.125. The number of carbonyl (C=O) groups excluding carboxylic acids is 2. The van der Waals surface area contributed by atoms with E-state index in [9.17, 15) is 9.59 Å². The van der Waals surface area contributed by atoms with E-state index in [1.54, 1.807) is 36.7 Å². The number of aromatic nitrogens is 1. The molecular weight excluding hydrogens is 314 g/mol. The van der Waals surface area contributed by atoms with Gasteiger partial charge in [-0.3, -0.25) is 14.6 Å². The zero-order valence-electron chi connectivity index (χ0n) is 12.3. The number of halogens is 1. The van der Waals surface area contributed by atoms with Gasteiger partial charge in [-0.05, 0) is 42.3 Å². The number of amides is 2. The molecule has 2 N–H and O–H groups in total. The van der Waals surface area contributed by atoms with Crippen molar-refractivity contribution in [3.63, 3.8) is 0 Å². The highest BCUT2D eigenvalue weighted by Gasteiger charge is 2.47. The average molecular weight is 330 g/mol. The van der Waals surface area contributed by atoms with Crippen molar-refractivity contribution < 1.29 is 9.59 Å². The maximum atomic E-state index is 12.1. The number of rotatable bonds is 5. The molecule has 5 nitrogen and oxygen atoms in total. The Balaban J connectivity index is 1.48. The van der Waals surface area contributed by atoms with Gasteiger partial charge < -0.3 is 10.6 Å². The summed E-state index contributed by atoms with van der Waals surface area (Å²) >= 11 is 5.88. The second-order valence-electron chi connectivity index (χ2n) is 5.52. The van der Waals surface area contributed by atoms with Gasteiger partial charge in [0.25, 0.3) is 0 Å². The number of hydrogen-bond acceptors (Lipinski definition) is 3. The SMILES string of the molecule is O=C(NCc1ccncc1)C1CC1C(=O)Nc1cccc(Cl)c1. The van der Waals surface area contributed by atoms with E-state index in [4.69, 9.17) is 11.6 Å². The van der Waals surface area contributed by atoms with Gasteiger partial charge in [-0.1, -0.05) is 17.7 Å². The highest BCUT2D eigenvalue weighted by Crippen LogP contribution is 2.39. The molecule has 2 aromatic rings. The third-order valence-electron chi connectivity index (χ3n) is 3.77. The maximum absolute atomic E-state index is 12.1. The van der Waals surface area contributed by atoms with Crippen molar-refractivity contribution in [1.29, 1.82) is 0 Å². The van der Waals surface area contributed by atoms with Crippen LogP contribution in [0.4, 0.5) is 5.69 Å². The van der Waals surface area contributed by atoms with Crippen molar-refractivity contribution in [2.24, 2.45) is 11.8 Å². The molecule has 1 aliphatic rings. The molecule has 118 valence electrons. The summed E-state index contributed by atoms with van der Waals surface area (Å²) in [5, 5.41) is 6.20. The summed E-state index contributed by atoms with van der Waals surface area (Å²) in [5.74, 6) is -0.758. The van der Waals surface area contributed by atoms with Gasteiger partial charge in [-0.2, -0.15) is 0 Å². The molecule has 0 radical (unpaired) electrons. The minimum atomic E-state index is -0.272. The first-order valence-electron chi connectivity index (χ1n) is 7.36. The second kappa shape index (κ2) is 6.79. The number of hydrogen-bond donors (Lipinski definition) is 2. The molecule has 0 saturated heterocycles. The molecule has 2 unspecified atom stereocenters. The average Bonchev–Trinajstić information content (AvgIpc) is 3.34. The summed E-state index contributed by atoms with van der Waals surface area (Å²) in [7, 11) is 0. The summed E-state index contributed by atoms with van der Waals surface area (Å²) in [4.78, 5) is 28.1. The Morgan fingerprint density at radius 3 is 2.61 bits per heavy atom. The van der Waals surface area contributed by atoms with Gasteiger partial charge in [0.15, 0.2) is 0 Å². The molecule has 1 aromatic carbocycles. The Kier molecular flexibility index (Phi) is 4.57. The van der Waals surface area contributed by atoms with Gasteiger partial charge in [-0.15, -0.1) is 0 Å². The van der Waals surface area contributed by atoms with E-state index in [0.717, 1.165) is 5.56 Å². The highest BCUT2D eigenvalue weighted by molar-refractivity contribution is 6.30. The zero-order valence-corrected chi connectivity index (χ0v) is 13.1. The normalized spacial score (nSPS) is 19.0. The predicted octanol–water partition coefficient (Wildman–Crippen LogP) is 2.63. The quantitative estimate of drug-likeness (QED) is 0.885. The van der Waals surface area contributed by atoms with Crippen LogP contribution in [-0.4, -0.2) is 16.8 Å². The van der Waals surface area contributed by atoms with Crippen molar-refractivity contribution in [3.8, 4) is 0 Å². The fourth-order valence-electron chi connectivity index (χ4n) is 2.40. The number of nitrogens with one attached hydrogen (secondary N) is 2. The molecule has 2 atom stereocenters. The smallest absolute Gasteiger partial charge is 0.228 e. The molecule has 1 aromatic heterocycles. The standard InChI is InChI=1S/C17H16ClN3O2/c18-12-2-1-3-13(8-12)21-17(23)15-9-14(15)16(22)20-10-11-4-6-19-7-5-11/h1-8,14-15H,9-10H2,(H,20,22)(H,21,23). The largest absolute Gasteiger partial charge is 0.352 e. The van der Waals surface area contributed by atoms with Crippen LogP contribution in [0, 0.1) is 11.8 Å². The van der Waals surface area contributed by atoms with E-state index in [0.29, 0.717) is 23.7 Å². The molecule has 0 spiro atoms. The summed E-state index contributed by atoms with van der Waals surface area (Å²) in [6.45, 7) is 0.445. The van der Waals surface area contributed by atoms with Crippen LogP contribution in [0.5, 0.6) is 0 Å². The lowest BCUT2D eigenvalue weighted by atomic mass is 10.2. The van der Waals surface area contributed by atoms with Crippen LogP contribution in [0.15, 0.2) is 48.8 Å². The van der Waals surface area contributed by atoms with Crippen LogP contribution < -0.4 is 10.6 Å². The minimum Gasteiger partial charge on any atom is -0.352 e. The molecule has 2 amide bonds. The Morgan fingerprint density at radius 1 is 1.13 bits per heavy atom. The van der Waals surface area contributed by atoms with E-state index < -0.39 is 0 Å². The van der Waals surface area contributed by atoms with Crippen LogP contribution >= 0.6 is 11.6 Å².